The Kier molecular flexibility index (Phi) is 4.42. The minimum absolute atomic E-state index is 0.00325. The zero-order chi connectivity index (χ0) is 14.8. The van der Waals surface area contributed by atoms with Crippen LogP contribution in [0.25, 0.3) is 0 Å². The van der Waals surface area contributed by atoms with Crippen LogP contribution in [0.2, 0.25) is 0 Å². The molecule has 0 spiro atoms. The number of nitrogens with one attached hydrogen (secondary N) is 1. The number of aromatic nitrogens is 2. The summed E-state index contributed by atoms with van der Waals surface area (Å²) in [6.07, 6.45) is 1.45. The zero-order valence-corrected chi connectivity index (χ0v) is 12.6. The molecular weight excluding hydrogens is 258 g/mol. The number of carbonyl (C=O) groups is 1. The Balaban J connectivity index is 1.89. The fourth-order valence-corrected chi connectivity index (χ4v) is 2.08. The molecule has 0 saturated carbocycles. The van der Waals surface area contributed by atoms with Gasteiger partial charge in [-0.2, -0.15) is 4.98 Å². The Hall–Kier alpha value is -1.43. The molecule has 6 nitrogen and oxygen atoms in total. The van der Waals surface area contributed by atoms with Gasteiger partial charge in [0.05, 0.1) is 0 Å². The van der Waals surface area contributed by atoms with E-state index in [0.29, 0.717) is 30.7 Å². The van der Waals surface area contributed by atoms with E-state index in [1.165, 1.54) is 0 Å². The molecule has 0 aromatic carbocycles. The van der Waals surface area contributed by atoms with E-state index >= 15 is 0 Å². The van der Waals surface area contributed by atoms with E-state index in [1.54, 1.807) is 0 Å². The lowest BCUT2D eigenvalue weighted by atomic mass is 9.96. The summed E-state index contributed by atoms with van der Waals surface area (Å²) in [5, 5.41) is 6.86. The van der Waals surface area contributed by atoms with E-state index in [-0.39, 0.29) is 17.4 Å². The van der Waals surface area contributed by atoms with Crippen molar-refractivity contribution in [2.45, 2.75) is 52.0 Å². The Bertz CT molecular complexity index is 458. The molecule has 1 aliphatic rings. The number of amides is 1. The second kappa shape index (κ2) is 5.91. The summed E-state index contributed by atoms with van der Waals surface area (Å²) < 4.78 is 10.5. The average molecular weight is 281 g/mol. The van der Waals surface area contributed by atoms with Gasteiger partial charge in [-0.15, -0.1) is 0 Å². The highest BCUT2D eigenvalue weighted by molar-refractivity contribution is 5.76. The van der Waals surface area contributed by atoms with Crippen molar-refractivity contribution < 1.29 is 14.1 Å². The van der Waals surface area contributed by atoms with Gasteiger partial charge < -0.3 is 14.6 Å². The largest absolute Gasteiger partial charge is 0.381 e. The Morgan fingerprint density at radius 3 is 2.80 bits per heavy atom. The number of hydrogen-bond donors (Lipinski definition) is 1. The Morgan fingerprint density at radius 1 is 1.50 bits per heavy atom. The molecule has 0 aliphatic carbocycles. The normalized spacial score (nSPS) is 20.9. The molecular formula is C14H23N3O3. The van der Waals surface area contributed by atoms with Crippen molar-refractivity contribution in [2.24, 2.45) is 5.92 Å². The maximum absolute atomic E-state index is 11.9. The topological polar surface area (TPSA) is 77.2 Å². The van der Waals surface area contributed by atoms with Crippen molar-refractivity contribution in [3.05, 3.63) is 11.7 Å². The summed E-state index contributed by atoms with van der Waals surface area (Å²) in [4.78, 5) is 16.3. The number of ether oxygens (including phenoxy) is 1. The van der Waals surface area contributed by atoms with E-state index in [1.807, 2.05) is 27.7 Å². The van der Waals surface area contributed by atoms with E-state index in [0.717, 1.165) is 13.0 Å². The SMILES string of the molecule is C[C@H](NC(=O)C[C@H]1CCOC1)c1nc(C(C)(C)C)no1. The minimum Gasteiger partial charge on any atom is -0.381 e. The smallest absolute Gasteiger partial charge is 0.248 e. The van der Waals surface area contributed by atoms with Crippen LogP contribution in [0, 0.1) is 5.92 Å². The monoisotopic (exact) mass is 281 g/mol. The van der Waals surface area contributed by atoms with Crippen LogP contribution in [0.4, 0.5) is 0 Å². The molecule has 0 unspecified atom stereocenters. The van der Waals surface area contributed by atoms with E-state index in [2.05, 4.69) is 15.5 Å². The predicted octanol–water partition coefficient (Wildman–Crippen LogP) is 1.97. The van der Waals surface area contributed by atoms with Crippen LogP contribution < -0.4 is 5.32 Å². The van der Waals surface area contributed by atoms with E-state index < -0.39 is 0 Å². The lowest BCUT2D eigenvalue weighted by Crippen LogP contribution is -2.28. The molecule has 2 atom stereocenters. The molecule has 1 aromatic heterocycles. The highest BCUT2D eigenvalue weighted by Crippen LogP contribution is 2.21. The minimum atomic E-state index is -0.270. The van der Waals surface area contributed by atoms with Crippen LogP contribution in [-0.2, 0) is 14.9 Å². The molecule has 1 aromatic rings. The Labute approximate surface area is 119 Å². The molecule has 1 fully saturated rings. The molecule has 112 valence electrons. The third-order valence-electron chi connectivity index (χ3n) is 3.36. The molecule has 0 radical (unpaired) electrons. The molecule has 1 aliphatic heterocycles. The van der Waals surface area contributed by atoms with E-state index in [4.69, 9.17) is 9.26 Å². The van der Waals surface area contributed by atoms with Gasteiger partial charge in [-0.05, 0) is 19.3 Å². The molecule has 0 bridgehead atoms. The highest BCUT2D eigenvalue weighted by Gasteiger charge is 2.25. The number of nitrogens with zero attached hydrogens (tertiary/aromatic N) is 2. The van der Waals surface area contributed by atoms with Crippen molar-refractivity contribution in [1.82, 2.24) is 15.5 Å². The highest BCUT2D eigenvalue weighted by atomic mass is 16.5. The zero-order valence-electron chi connectivity index (χ0n) is 12.6. The molecule has 2 heterocycles. The lowest BCUT2D eigenvalue weighted by molar-refractivity contribution is -0.122. The summed E-state index contributed by atoms with van der Waals surface area (Å²) in [6.45, 7) is 9.34. The van der Waals surface area contributed by atoms with Crippen LogP contribution in [0.1, 0.15) is 58.3 Å². The van der Waals surface area contributed by atoms with Crippen molar-refractivity contribution >= 4 is 5.91 Å². The standard InChI is InChI=1S/C14H23N3O3/c1-9(12-16-13(17-20-12)14(2,3)4)15-11(18)7-10-5-6-19-8-10/h9-10H,5-8H2,1-4H3,(H,15,18)/t9-,10+/m0/s1. The summed E-state index contributed by atoms with van der Waals surface area (Å²) in [5.74, 6) is 1.43. The van der Waals surface area contributed by atoms with Crippen molar-refractivity contribution in [3.63, 3.8) is 0 Å². The average Bonchev–Trinajstić information content (AvgIpc) is 2.97. The molecule has 2 rings (SSSR count). The maximum Gasteiger partial charge on any atom is 0.248 e. The van der Waals surface area contributed by atoms with Gasteiger partial charge in [-0.1, -0.05) is 25.9 Å². The molecule has 1 N–H and O–H groups in total. The van der Waals surface area contributed by atoms with E-state index in [9.17, 15) is 4.79 Å². The van der Waals surface area contributed by atoms with Gasteiger partial charge in [0.15, 0.2) is 5.82 Å². The van der Waals surface area contributed by atoms with Gasteiger partial charge in [0.1, 0.15) is 6.04 Å². The first kappa shape index (κ1) is 15.0. The summed E-state index contributed by atoms with van der Waals surface area (Å²) in [6, 6.07) is -0.270. The number of carbonyl (C=O) groups excluding carboxylic acids is 1. The fraction of sp³-hybridized carbons (Fsp3) is 0.786. The lowest BCUT2D eigenvalue weighted by Gasteiger charge is -2.13. The van der Waals surface area contributed by atoms with Crippen LogP contribution in [-0.4, -0.2) is 29.3 Å². The molecule has 1 saturated heterocycles. The van der Waals surface area contributed by atoms with Gasteiger partial charge in [0.2, 0.25) is 11.8 Å². The van der Waals surface area contributed by atoms with Crippen LogP contribution in [0.3, 0.4) is 0 Å². The van der Waals surface area contributed by atoms with Crippen LogP contribution in [0.15, 0.2) is 4.52 Å². The van der Waals surface area contributed by atoms with Gasteiger partial charge in [-0.25, -0.2) is 0 Å². The molecule has 6 heteroatoms. The van der Waals surface area contributed by atoms with Gasteiger partial charge in [0.25, 0.3) is 0 Å². The van der Waals surface area contributed by atoms with Gasteiger partial charge in [0, 0.05) is 25.0 Å². The second-order valence-electron chi connectivity index (χ2n) is 6.43. The second-order valence-corrected chi connectivity index (χ2v) is 6.43. The van der Waals surface area contributed by atoms with Gasteiger partial charge >= 0.3 is 0 Å². The quantitative estimate of drug-likeness (QED) is 0.913. The predicted molar refractivity (Wildman–Crippen MR) is 73.1 cm³/mol. The third kappa shape index (κ3) is 3.79. The maximum atomic E-state index is 11.9. The fourth-order valence-electron chi connectivity index (χ4n) is 2.08. The van der Waals surface area contributed by atoms with Gasteiger partial charge in [-0.3, -0.25) is 4.79 Å². The van der Waals surface area contributed by atoms with Crippen LogP contribution in [0.5, 0.6) is 0 Å². The summed E-state index contributed by atoms with van der Waals surface area (Å²) in [7, 11) is 0. The van der Waals surface area contributed by atoms with Crippen LogP contribution >= 0.6 is 0 Å². The molecule has 20 heavy (non-hydrogen) atoms. The first-order chi connectivity index (χ1) is 9.36. The van der Waals surface area contributed by atoms with Crippen molar-refractivity contribution in [1.29, 1.82) is 0 Å². The summed E-state index contributed by atoms with van der Waals surface area (Å²) >= 11 is 0. The number of rotatable bonds is 4. The molecule has 1 amide bonds. The van der Waals surface area contributed by atoms with Crippen molar-refractivity contribution in [2.75, 3.05) is 13.2 Å². The Morgan fingerprint density at radius 2 is 2.25 bits per heavy atom. The summed E-state index contributed by atoms with van der Waals surface area (Å²) in [5.41, 5.74) is -0.160. The van der Waals surface area contributed by atoms with Crippen molar-refractivity contribution in [3.8, 4) is 0 Å². The first-order valence-electron chi connectivity index (χ1n) is 7.07. The third-order valence-corrected chi connectivity index (χ3v) is 3.36. The number of hydrogen-bond acceptors (Lipinski definition) is 5. The first-order valence-corrected chi connectivity index (χ1v) is 7.07.